The third-order valence-corrected chi connectivity index (χ3v) is 6.43. The molecule has 118 valence electrons. The van der Waals surface area contributed by atoms with Crippen molar-refractivity contribution in [3.05, 3.63) is 29.8 Å². The first-order chi connectivity index (χ1) is 10.6. The number of aryl methyl sites for hydroxylation is 1. The van der Waals surface area contributed by atoms with Gasteiger partial charge in [-0.1, -0.05) is 18.2 Å². The highest BCUT2D eigenvalue weighted by molar-refractivity contribution is 7.80. The van der Waals surface area contributed by atoms with Gasteiger partial charge < -0.3 is 10.6 Å². The van der Waals surface area contributed by atoms with Crippen LogP contribution in [0.1, 0.15) is 44.1 Å². The number of benzene rings is 1. The minimum atomic E-state index is 0.534. The number of para-hydroxylation sites is 1. The summed E-state index contributed by atoms with van der Waals surface area (Å²) in [5.74, 6) is 3.02. The molecule has 1 aromatic carbocycles. The normalized spacial score (nSPS) is 35.4. The van der Waals surface area contributed by atoms with Gasteiger partial charge >= 0.3 is 0 Å². The van der Waals surface area contributed by atoms with Gasteiger partial charge in [-0.25, -0.2) is 0 Å². The van der Waals surface area contributed by atoms with Crippen LogP contribution < -0.4 is 10.6 Å². The molecule has 4 fully saturated rings. The fourth-order valence-electron chi connectivity index (χ4n) is 5.65. The van der Waals surface area contributed by atoms with Gasteiger partial charge in [0.2, 0.25) is 0 Å². The zero-order valence-corrected chi connectivity index (χ0v) is 14.2. The zero-order valence-electron chi connectivity index (χ0n) is 13.4. The van der Waals surface area contributed by atoms with E-state index in [2.05, 4.69) is 41.8 Å². The average Bonchev–Trinajstić information content (AvgIpc) is 2.46. The summed E-state index contributed by atoms with van der Waals surface area (Å²) in [7, 11) is 0. The first-order valence-electron chi connectivity index (χ1n) is 8.72. The summed E-state index contributed by atoms with van der Waals surface area (Å²) >= 11 is 5.53. The highest BCUT2D eigenvalue weighted by atomic mass is 32.1. The van der Waals surface area contributed by atoms with Crippen molar-refractivity contribution in [3.8, 4) is 0 Å². The average molecular weight is 314 g/mol. The Labute approximate surface area is 139 Å². The van der Waals surface area contributed by atoms with Crippen LogP contribution in [0.3, 0.4) is 0 Å². The maximum Gasteiger partial charge on any atom is 0.170 e. The highest BCUT2D eigenvalue weighted by Crippen LogP contribution is 2.59. The largest absolute Gasteiger partial charge is 0.362 e. The van der Waals surface area contributed by atoms with Crippen LogP contribution in [0.25, 0.3) is 0 Å². The van der Waals surface area contributed by atoms with E-state index in [1.54, 1.807) is 0 Å². The molecule has 2 nitrogen and oxygen atoms in total. The maximum atomic E-state index is 5.53. The van der Waals surface area contributed by atoms with Crippen LogP contribution in [0.15, 0.2) is 24.3 Å². The summed E-state index contributed by atoms with van der Waals surface area (Å²) in [6.07, 6.45) is 8.80. The van der Waals surface area contributed by atoms with Gasteiger partial charge in [-0.2, -0.15) is 0 Å². The molecule has 4 aliphatic rings. The standard InChI is InChI=1S/C19H26N2S/c1-13-4-2-3-5-17(13)21-18(22)20-12-19-9-14-6-15(10-19)8-16(7-14)11-19/h2-5,14-16H,6-12H2,1H3,(H2,20,21,22). The summed E-state index contributed by atoms with van der Waals surface area (Å²) in [5.41, 5.74) is 2.89. The van der Waals surface area contributed by atoms with Crippen LogP contribution in [-0.2, 0) is 0 Å². The third kappa shape index (κ3) is 2.76. The second kappa shape index (κ2) is 5.52. The summed E-state index contributed by atoms with van der Waals surface area (Å²) < 4.78 is 0. The van der Waals surface area contributed by atoms with Gasteiger partial charge in [0, 0.05) is 12.2 Å². The molecule has 4 aliphatic carbocycles. The van der Waals surface area contributed by atoms with Crippen molar-refractivity contribution in [3.63, 3.8) is 0 Å². The van der Waals surface area contributed by atoms with E-state index in [1.807, 2.05) is 0 Å². The van der Waals surface area contributed by atoms with Crippen molar-refractivity contribution in [2.24, 2.45) is 23.2 Å². The number of hydrogen-bond acceptors (Lipinski definition) is 1. The SMILES string of the molecule is Cc1ccccc1NC(=S)NCC12CC3CC(CC(C3)C1)C2. The molecule has 0 saturated heterocycles. The molecule has 0 atom stereocenters. The second-order valence-corrected chi connectivity index (χ2v) is 8.45. The summed E-state index contributed by atoms with van der Waals surface area (Å²) in [4.78, 5) is 0. The van der Waals surface area contributed by atoms with E-state index in [9.17, 15) is 0 Å². The molecule has 0 heterocycles. The van der Waals surface area contributed by atoms with Crippen molar-refractivity contribution >= 4 is 23.0 Å². The summed E-state index contributed by atoms with van der Waals surface area (Å²) in [6.45, 7) is 3.18. The predicted octanol–water partition coefficient (Wildman–Crippen LogP) is 4.50. The van der Waals surface area contributed by atoms with Crippen molar-refractivity contribution < 1.29 is 0 Å². The molecule has 0 spiro atoms. The van der Waals surface area contributed by atoms with Crippen LogP contribution in [0.5, 0.6) is 0 Å². The molecule has 4 saturated carbocycles. The first-order valence-corrected chi connectivity index (χ1v) is 9.13. The van der Waals surface area contributed by atoms with E-state index in [-0.39, 0.29) is 0 Å². The van der Waals surface area contributed by atoms with Gasteiger partial charge in [-0.3, -0.25) is 0 Å². The maximum absolute atomic E-state index is 5.53. The van der Waals surface area contributed by atoms with Crippen molar-refractivity contribution in [1.29, 1.82) is 0 Å². The van der Waals surface area contributed by atoms with Gasteiger partial charge in [0.1, 0.15) is 0 Å². The molecule has 0 radical (unpaired) electrons. The van der Waals surface area contributed by atoms with E-state index in [0.717, 1.165) is 35.1 Å². The Balaban J connectivity index is 1.37. The molecule has 1 aromatic rings. The number of thiocarbonyl (C=S) groups is 1. The van der Waals surface area contributed by atoms with Crippen LogP contribution >= 0.6 is 12.2 Å². The lowest BCUT2D eigenvalue weighted by atomic mass is 9.49. The minimum absolute atomic E-state index is 0.534. The van der Waals surface area contributed by atoms with E-state index in [4.69, 9.17) is 12.2 Å². The first kappa shape index (κ1) is 14.5. The molecule has 3 heteroatoms. The Morgan fingerprint density at radius 1 is 1.09 bits per heavy atom. The Kier molecular flexibility index (Phi) is 3.64. The minimum Gasteiger partial charge on any atom is -0.362 e. The smallest absolute Gasteiger partial charge is 0.170 e. The highest BCUT2D eigenvalue weighted by Gasteiger charge is 2.50. The number of nitrogens with one attached hydrogen (secondary N) is 2. The van der Waals surface area contributed by atoms with E-state index >= 15 is 0 Å². The molecule has 5 rings (SSSR count). The Morgan fingerprint density at radius 2 is 1.68 bits per heavy atom. The van der Waals surface area contributed by atoms with Crippen molar-refractivity contribution in [2.75, 3.05) is 11.9 Å². The van der Waals surface area contributed by atoms with E-state index in [1.165, 1.54) is 44.1 Å². The third-order valence-electron chi connectivity index (χ3n) is 6.18. The lowest BCUT2D eigenvalue weighted by Gasteiger charge is -2.57. The van der Waals surface area contributed by atoms with Crippen molar-refractivity contribution in [1.82, 2.24) is 5.32 Å². The Bertz CT molecular complexity index is 545. The van der Waals surface area contributed by atoms with Crippen LogP contribution in [-0.4, -0.2) is 11.7 Å². The fourth-order valence-corrected chi connectivity index (χ4v) is 5.84. The molecular weight excluding hydrogens is 288 g/mol. The van der Waals surface area contributed by atoms with E-state index in [0.29, 0.717) is 5.41 Å². The fraction of sp³-hybridized carbons (Fsp3) is 0.632. The van der Waals surface area contributed by atoms with Gasteiger partial charge in [0.15, 0.2) is 5.11 Å². The second-order valence-electron chi connectivity index (χ2n) is 8.04. The molecule has 4 bridgehead atoms. The topological polar surface area (TPSA) is 24.1 Å². The van der Waals surface area contributed by atoms with Gasteiger partial charge in [0.25, 0.3) is 0 Å². The van der Waals surface area contributed by atoms with Gasteiger partial charge in [0.05, 0.1) is 0 Å². The van der Waals surface area contributed by atoms with E-state index < -0.39 is 0 Å². The summed E-state index contributed by atoms with van der Waals surface area (Å²) in [6, 6.07) is 8.32. The molecule has 0 amide bonds. The lowest BCUT2D eigenvalue weighted by molar-refractivity contribution is -0.0490. The van der Waals surface area contributed by atoms with Crippen molar-refractivity contribution in [2.45, 2.75) is 45.4 Å². The van der Waals surface area contributed by atoms with Gasteiger partial charge in [-0.15, -0.1) is 0 Å². The monoisotopic (exact) mass is 314 g/mol. The summed E-state index contributed by atoms with van der Waals surface area (Å²) in [5, 5.41) is 7.68. The number of anilines is 1. The van der Waals surface area contributed by atoms with Gasteiger partial charge in [-0.05, 0) is 92.5 Å². The molecule has 2 N–H and O–H groups in total. The Morgan fingerprint density at radius 3 is 2.27 bits per heavy atom. The van der Waals surface area contributed by atoms with Crippen LogP contribution in [0, 0.1) is 30.1 Å². The van der Waals surface area contributed by atoms with Crippen LogP contribution in [0.4, 0.5) is 5.69 Å². The van der Waals surface area contributed by atoms with Crippen LogP contribution in [0.2, 0.25) is 0 Å². The molecule has 22 heavy (non-hydrogen) atoms. The molecule has 0 aromatic heterocycles. The number of rotatable bonds is 3. The lowest BCUT2D eigenvalue weighted by Crippen LogP contribution is -2.51. The zero-order chi connectivity index (χ0) is 15.2. The molecular formula is C19H26N2S. The Hall–Kier alpha value is -1.09. The number of hydrogen-bond donors (Lipinski definition) is 2. The molecule has 0 unspecified atom stereocenters. The predicted molar refractivity (Wildman–Crippen MR) is 96.0 cm³/mol. The quantitative estimate of drug-likeness (QED) is 0.803. The molecule has 0 aliphatic heterocycles.